The lowest BCUT2D eigenvalue weighted by Gasteiger charge is -2.34. The van der Waals surface area contributed by atoms with Crippen molar-refractivity contribution in [1.82, 2.24) is 10.2 Å². The van der Waals surface area contributed by atoms with E-state index in [1.54, 1.807) is 19.1 Å². The van der Waals surface area contributed by atoms with Gasteiger partial charge in [-0.25, -0.2) is 8.42 Å². The molecule has 2 aromatic rings. The van der Waals surface area contributed by atoms with Crippen molar-refractivity contribution in [2.24, 2.45) is 0 Å². The van der Waals surface area contributed by atoms with Crippen LogP contribution in [-0.2, 0) is 26.2 Å². The van der Waals surface area contributed by atoms with Crippen LogP contribution in [0, 0.1) is 10.1 Å². The van der Waals surface area contributed by atoms with Crippen molar-refractivity contribution in [3.05, 3.63) is 62.1 Å². The number of anilines is 1. The summed E-state index contributed by atoms with van der Waals surface area (Å²) in [5, 5.41) is 15.2. The molecular weight excluding hydrogens is 595 g/mol. The maximum absolute atomic E-state index is 14.0. The number of amides is 2. The number of rotatable bonds is 12. The van der Waals surface area contributed by atoms with Gasteiger partial charge in [0.1, 0.15) is 24.0 Å². The molecule has 1 aliphatic rings. The molecule has 0 bridgehead atoms. The third-order valence-electron chi connectivity index (χ3n) is 7.01. The molecule has 1 N–H and O–H groups in total. The molecule has 0 aromatic heterocycles. The molecule has 3 rings (SSSR count). The molecule has 1 atom stereocenters. The summed E-state index contributed by atoms with van der Waals surface area (Å²) in [5.41, 5.74) is -0.0566. The lowest BCUT2D eigenvalue weighted by molar-refractivity contribution is -0.384. The minimum atomic E-state index is -4.14. The SMILES string of the molecule is CC[C@H](C(=O)NC1CCCCC1)N(Cc1ccc(Cl)cc1Cl)C(=O)CN(c1cc([N+](=O)[O-])ccc1OC)S(C)(=O)=O. The summed E-state index contributed by atoms with van der Waals surface area (Å²) in [5.74, 6) is -1.04. The number of halogens is 2. The number of nitrogens with one attached hydrogen (secondary N) is 1. The van der Waals surface area contributed by atoms with Gasteiger partial charge in [0.15, 0.2) is 0 Å². The Balaban J connectivity index is 2.02. The summed E-state index contributed by atoms with van der Waals surface area (Å²) in [6.07, 6.45) is 5.91. The molecular formula is C27H34Cl2N4O7S. The monoisotopic (exact) mass is 628 g/mol. The minimum Gasteiger partial charge on any atom is -0.495 e. The van der Waals surface area contributed by atoms with Crippen LogP contribution in [0.1, 0.15) is 51.0 Å². The van der Waals surface area contributed by atoms with Crippen LogP contribution < -0.4 is 14.4 Å². The van der Waals surface area contributed by atoms with Gasteiger partial charge in [0.25, 0.3) is 5.69 Å². The third-order valence-corrected chi connectivity index (χ3v) is 8.73. The lowest BCUT2D eigenvalue weighted by Crippen LogP contribution is -2.54. The van der Waals surface area contributed by atoms with E-state index in [9.17, 15) is 28.1 Å². The highest BCUT2D eigenvalue weighted by Gasteiger charge is 2.34. The first kappa shape index (κ1) is 32.4. The smallest absolute Gasteiger partial charge is 0.271 e. The molecule has 0 saturated heterocycles. The first-order valence-electron chi connectivity index (χ1n) is 13.2. The molecule has 1 aliphatic carbocycles. The van der Waals surface area contributed by atoms with Crippen LogP contribution in [0.15, 0.2) is 36.4 Å². The van der Waals surface area contributed by atoms with Crippen molar-refractivity contribution in [3.8, 4) is 5.75 Å². The molecule has 14 heteroatoms. The van der Waals surface area contributed by atoms with E-state index in [1.165, 1.54) is 30.2 Å². The Hall–Kier alpha value is -3.09. The third kappa shape index (κ3) is 8.46. The van der Waals surface area contributed by atoms with Crippen molar-refractivity contribution in [3.63, 3.8) is 0 Å². The maximum Gasteiger partial charge on any atom is 0.271 e. The maximum atomic E-state index is 14.0. The molecule has 2 aromatic carbocycles. The quantitative estimate of drug-likeness (QED) is 0.259. The van der Waals surface area contributed by atoms with Crippen LogP contribution in [0.25, 0.3) is 0 Å². The van der Waals surface area contributed by atoms with Gasteiger partial charge < -0.3 is 15.0 Å². The Labute approximate surface area is 249 Å². The van der Waals surface area contributed by atoms with Crippen LogP contribution in [0.4, 0.5) is 11.4 Å². The van der Waals surface area contributed by atoms with Gasteiger partial charge in [0.2, 0.25) is 21.8 Å². The van der Waals surface area contributed by atoms with Crippen LogP contribution in [0.5, 0.6) is 5.75 Å². The molecule has 0 unspecified atom stereocenters. The zero-order valence-electron chi connectivity index (χ0n) is 23.1. The molecule has 224 valence electrons. The van der Waals surface area contributed by atoms with Crippen LogP contribution in [0.2, 0.25) is 10.0 Å². The topological polar surface area (TPSA) is 139 Å². The van der Waals surface area contributed by atoms with Gasteiger partial charge in [0.05, 0.1) is 18.3 Å². The Kier molecular flexibility index (Phi) is 11.2. The fourth-order valence-corrected chi connectivity index (χ4v) is 6.19. The van der Waals surface area contributed by atoms with E-state index in [2.05, 4.69) is 5.32 Å². The molecule has 11 nitrogen and oxygen atoms in total. The van der Waals surface area contributed by atoms with E-state index in [0.717, 1.165) is 48.7 Å². The van der Waals surface area contributed by atoms with E-state index in [-0.39, 0.29) is 47.1 Å². The highest BCUT2D eigenvalue weighted by atomic mass is 35.5. The first-order chi connectivity index (χ1) is 19.3. The number of methoxy groups -OCH3 is 1. The fraction of sp³-hybridized carbons (Fsp3) is 0.481. The van der Waals surface area contributed by atoms with Gasteiger partial charge in [-0.05, 0) is 43.0 Å². The predicted molar refractivity (Wildman–Crippen MR) is 158 cm³/mol. The fourth-order valence-electron chi connectivity index (χ4n) is 4.88. The molecule has 1 fully saturated rings. The average Bonchev–Trinajstić information content (AvgIpc) is 2.92. The summed E-state index contributed by atoms with van der Waals surface area (Å²) in [6.45, 7) is 0.913. The Morgan fingerprint density at radius 2 is 1.83 bits per heavy atom. The van der Waals surface area contributed by atoms with E-state index in [4.69, 9.17) is 27.9 Å². The minimum absolute atomic E-state index is 0.0111. The number of nitro groups is 1. The largest absolute Gasteiger partial charge is 0.495 e. The van der Waals surface area contributed by atoms with Crippen molar-refractivity contribution < 1.29 is 27.7 Å². The van der Waals surface area contributed by atoms with Gasteiger partial charge in [-0.2, -0.15) is 0 Å². The highest BCUT2D eigenvalue weighted by Crippen LogP contribution is 2.34. The number of carbonyl (C=O) groups excluding carboxylic acids is 2. The summed E-state index contributed by atoms with van der Waals surface area (Å²) < 4.78 is 31.9. The number of nitrogens with zero attached hydrogens (tertiary/aromatic N) is 3. The second kappa shape index (κ2) is 14.2. The second-order valence-corrected chi connectivity index (χ2v) is 12.7. The van der Waals surface area contributed by atoms with Crippen LogP contribution in [-0.4, -0.2) is 62.0 Å². The van der Waals surface area contributed by atoms with E-state index >= 15 is 0 Å². The van der Waals surface area contributed by atoms with E-state index in [0.29, 0.717) is 10.6 Å². The van der Waals surface area contributed by atoms with Crippen LogP contribution in [0.3, 0.4) is 0 Å². The summed E-state index contributed by atoms with van der Waals surface area (Å²) in [4.78, 5) is 39.5. The molecule has 0 aliphatic heterocycles. The van der Waals surface area contributed by atoms with Gasteiger partial charge in [-0.1, -0.05) is 55.5 Å². The number of non-ortho nitro benzene ring substituents is 1. The van der Waals surface area contributed by atoms with E-state index in [1.807, 2.05) is 0 Å². The van der Waals surface area contributed by atoms with Crippen LogP contribution >= 0.6 is 23.2 Å². The molecule has 1 saturated carbocycles. The van der Waals surface area contributed by atoms with Crippen molar-refractivity contribution in [1.29, 1.82) is 0 Å². The number of nitro benzene ring substituents is 1. The number of hydrogen-bond donors (Lipinski definition) is 1. The zero-order chi connectivity index (χ0) is 30.3. The molecule has 0 radical (unpaired) electrons. The number of sulfonamides is 1. The molecule has 0 heterocycles. The second-order valence-electron chi connectivity index (χ2n) is 9.91. The van der Waals surface area contributed by atoms with E-state index < -0.39 is 33.4 Å². The molecule has 41 heavy (non-hydrogen) atoms. The Morgan fingerprint density at radius 3 is 2.39 bits per heavy atom. The number of ether oxygens (including phenoxy) is 1. The number of carbonyl (C=O) groups is 2. The predicted octanol–water partition coefficient (Wildman–Crippen LogP) is 4.93. The van der Waals surface area contributed by atoms with Crippen molar-refractivity contribution in [2.45, 2.75) is 64.1 Å². The van der Waals surface area contributed by atoms with Gasteiger partial charge in [-0.15, -0.1) is 0 Å². The highest BCUT2D eigenvalue weighted by molar-refractivity contribution is 7.92. The first-order valence-corrected chi connectivity index (χ1v) is 15.8. The summed E-state index contributed by atoms with van der Waals surface area (Å²) in [6, 6.07) is 7.25. The number of benzene rings is 2. The summed E-state index contributed by atoms with van der Waals surface area (Å²) in [7, 11) is -2.86. The normalized spacial score (nSPS) is 14.7. The summed E-state index contributed by atoms with van der Waals surface area (Å²) >= 11 is 12.5. The van der Waals surface area contributed by atoms with Crippen molar-refractivity contribution >= 4 is 56.4 Å². The Morgan fingerprint density at radius 1 is 1.15 bits per heavy atom. The molecule has 0 spiro atoms. The van der Waals surface area contributed by atoms with Gasteiger partial charge in [0, 0.05) is 34.8 Å². The van der Waals surface area contributed by atoms with Crippen molar-refractivity contribution in [2.75, 3.05) is 24.2 Å². The zero-order valence-corrected chi connectivity index (χ0v) is 25.5. The standard InChI is InChI=1S/C27H34Cl2N4O7S/c1-4-23(27(35)30-20-8-6-5-7-9-20)31(16-18-10-11-19(28)14-22(18)29)26(34)17-32(41(3,38)39)24-15-21(33(36)37)12-13-25(24)40-2/h10-15,20,23H,4-9,16-17H2,1-3H3,(H,30,35)/t23-/m1/s1. The number of hydrogen-bond acceptors (Lipinski definition) is 7. The van der Waals surface area contributed by atoms with Gasteiger partial charge in [-0.3, -0.25) is 24.0 Å². The van der Waals surface area contributed by atoms with Gasteiger partial charge >= 0.3 is 0 Å². The Bertz CT molecular complexity index is 1380. The average molecular weight is 630 g/mol. The molecule has 2 amide bonds. The lowest BCUT2D eigenvalue weighted by atomic mass is 9.95.